The lowest BCUT2D eigenvalue weighted by Crippen LogP contribution is -2.58. The van der Waals surface area contributed by atoms with Gasteiger partial charge in [0.05, 0.1) is 25.3 Å². The Labute approximate surface area is 181 Å². The summed E-state index contributed by atoms with van der Waals surface area (Å²) in [5, 5.41) is 27.3. The molecule has 0 aromatic heterocycles. The summed E-state index contributed by atoms with van der Waals surface area (Å²) >= 11 is 0. The first-order chi connectivity index (χ1) is 14.9. The first kappa shape index (κ1) is 26.3. The van der Waals surface area contributed by atoms with E-state index in [0.29, 0.717) is 19.4 Å². The number of hydrogen-bond donors (Lipinski definition) is 8. The van der Waals surface area contributed by atoms with Crippen LogP contribution in [-0.2, 0) is 33.6 Å². The Morgan fingerprint density at radius 3 is 1.75 bits per heavy atom. The fourth-order valence-electron chi connectivity index (χ4n) is 2.92. The SMILES string of the molecule is NC(=O)CC(NC(=O)C(CC(N)=O)NC(=O)C(CC(=O)O)NC(=O)C1CCCN1)C(=O)O. The van der Waals surface area contributed by atoms with Gasteiger partial charge in [-0.25, -0.2) is 4.79 Å². The van der Waals surface area contributed by atoms with Gasteiger partial charge in [-0.3, -0.25) is 28.8 Å². The van der Waals surface area contributed by atoms with Gasteiger partial charge in [0.25, 0.3) is 0 Å². The van der Waals surface area contributed by atoms with Crippen LogP contribution in [0.4, 0.5) is 0 Å². The molecule has 10 N–H and O–H groups in total. The van der Waals surface area contributed by atoms with E-state index in [4.69, 9.17) is 21.7 Å². The van der Waals surface area contributed by atoms with Gasteiger partial charge in [0.1, 0.15) is 18.1 Å². The van der Waals surface area contributed by atoms with Crippen molar-refractivity contribution in [2.24, 2.45) is 11.5 Å². The van der Waals surface area contributed by atoms with E-state index in [9.17, 15) is 33.6 Å². The molecule has 32 heavy (non-hydrogen) atoms. The average Bonchev–Trinajstić information content (AvgIpc) is 3.20. The monoisotopic (exact) mass is 458 g/mol. The van der Waals surface area contributed by atoms with Crippen LogP contribution in [0.15, 0.2) is 0 Å². The normalized spacial score (nSPS) is 17.9. The zero-order valence-electron chi connectivity index (χ0n) is 17.0. The molecule has 1 fully saturated rings. The summed E-state index contributed by atoms with van der Waals surface area (Å²) < 4.78 is 0. The van der Waals surface area contributed by atoms with Gasteiger partial charge in [0, 0.05) is 0 Å². The Kier molecular flexibility index (Phi) is 10.0. The van der Waals surface area contributed by atoms with Crippen LogP contribution in [0.3, 0.4) is 0 Å². The van der Waals surface area contributed by atoms with Gasteiger partial charge in [-0.15, -0.1) is 0 Å². The molecule has 1 aliphatic rings. The summed E-state index contributed by atoms with van der Waals surface area (Å²) in [6.07, 6.45) is -1.15. The molecule has 0 bridgehead atoms. The molecule has 0 spiro atoms. The number of nitrogens with two attached hydrogens (primary N) is 2. The molecule has 0 aromatic rings. The molecule has 1 aliphatic heterocycles. The molecule has 1 saturated heterocycles. The third-order valence-electron chi connectivity index (χ3n) is 4.45. The van der Waals surface area contributed by atoms with Gasteiger partial charge >= 0.3 is 11.9 Å². The van der Waals surface area contributed by atoms with Crippen LogP contribution in [0.2, 0.25) is 0 Å². The second kappa shape index (κ2) is 12.2. The number of hydrogen-bond acceptors (Lipinski definition) is 8. The molecule has 1 heterocycles. The van der Waals surface area contributed by atoms with Crippen LogP contribution < -0.4 is 32.7 Å². The number of carboxylic acid groups (broad SMARTS) is 2. The van der Waals surface area contributed by atoms with Crippen molar-refractivity contribution >= 4 is 41.5 Å². The highest BCUT2D eigenvalue weighted by Crippen LogP contribution is 2.06. The number of carbonyl (C=O) groups is 7. The quantitative estimate of drug-likeness (QED) is 0.131. The van der Waals surface area contributed by atoms with E-state index < -0.39 is 84.9 Å². The molecule has 4 atom stereocenters. The number of carboxylic acids is 2. The maximum atomic E-state index is 12.6. The molecule has 0 radical (unpaired) electrons. The molecule has 0 saturated carbocycles. The van der Waals surface area contributed by atoms with Gasteiger partial charge in [-0.2, -0.15) is 0 Å². The highest BCUT2D eigenvalue weighted by molar-refractivity contribution is 5.97. The van der Waals surface area contributed by atoms with Crippen molar-refractivity contribution in [3.05, 3.63) is 0 Å². The Morgan fingerprint density at radius 2 is 1.31 bits per heavy atom. The predicted octanol–water partition coefficient (Wildman–Crippen LogP) is -4.50. The van der Waals surface area contributed by atoms with Crippen molar-refractivity contribution in [2.75, 3.05) is 6.54 Å². The average molecular weight is 458 g/mol. The maximum Gasteiger partial charge on any atom is 0.326 e. The molecule has 4 unspecified atom stereocenters. The van der Waals surface area contributed by atoms with E-state index in [1.165, 1.54) is 0 Å². The van der Waals surface area contributed by atoms with Crippen molar-refractivity contribution < 1.29 is 43.8 Å². The standard InChI is InChI=1S/C17H26N6O9/c18-11(24)4-8(15(29)23-10(17(31)32)5-12(19)25)21-16(30)9(6-13(26)27)22-14(28)7-2-1-3-20-7/h7-10,20H,1-6H2,(H2,18,24)(H2,19,25)(H,21,30)(H,22,28)(H,23,29)(H,26,27)(H,31,32). The number of amides is 5. The summed E-state index contributed by atoms with van der Waals surface area (Å²) in [7, 11) is 0. The second-order valence-electron chi connectivity index (χ2n) is 7.11. The van der Waals surface area contributed by atoms with E-state index >= 15 is 0 Å². The van der Waals surface area contributed by atoms with E-state index in [2.05, 4.69) is 16.0 Å². The van der Waals surface area contributed by atoms with Crippen molar-refractivity contribution in [3.63, 3.8) is 0 Å². The van der Waals surface area contributed by atoms with Crippen molar-refractivity contribution in [2.45, 2.75) is 56.3 Å². The minimum Gasteiger partial charge on any atom is -0.481 e. The number of rotatable bonds is 13. The lowest BCUT2D eigenvalue weighted by Gasteiger charge is -2.24. The number of aliphatic carboxylic acids is 2. The van der Waals surface area contributed by atoms with Crippen LogP contribution in [0.1, 0.15) is 32.1 Å². The Balaban J connectivity index is 2.95. The smallest absolute Gasteiger partial charge is 0.326 e. The molecule has 15 nitrogen and oxygen atoms in total. The molecule has 1 rings (SSSR count). The topological polar surface area (TPSA) is 260 Å². The Hall–Kier alpha value is -3.75. The number of primary amides is 2. The summed E-state index contributed by atoms with van der Waals surface area (Å²) in [5.74, 6) is -7.99. The van der Waals surface area contributed by atoms with Crippen LogP contribution in [-0.4, -0.2) is 82.4 Å². The number of nitrogens with one attached hydrogen (secondary N) is 4. The fourth-order valence-corrected chi connectivity index (χ4v) is 2.92. The summed E-state index contributed by atoms with van der Waals surface area (Å²) in [6, 6.07) is -5.65. The van der Waals surface area contributed by atoms with Gasteiger partial charge in [-0.05, 0) is 19.4 Å². The molecule has 5 amide bonds. The van der Waals surface area contributed by atoms with Crippen LogP contribution in [0.25, 0.3) is 0 Å². The van der Waals surface area contributed by atoms with E-state index in [1.54, 1.807) is 0 Å². The van der Waals surface area contributed by atoms with Crippen LogP contribution in [0.5, 0.6) is 0 Å². The van der Waals surface area contributed by atoms with Gasteiger partial charge in [0.2, 0.25) is 29.5 Å². The summed E-state index contributed by atoms with van der Waals surface area (Å²) in [4.78, 5) is 81.9. The highest BCUT2D eigenvalue weighted by Gasteiger charge is 2.33. The fraction of sp³-hybridized carbons (Fsp3) is 0.588. The molecular weight excluding hydrogens is 432 g/mol. The molecule has 0 aliphatic carbocycles. The molecular formula is C17H26N6O9. The minimum atomic E-state index is -1.74. The third-order valence-corrected chi connectivity index (χ3v) is 4.45. The van der Waals surface area contributed by atoms with Crippen LogP contribution in [0, 0.1) is 0 Å². The minimum absolute atomic E-state index is 0.483. The zero-order chi connectivity index (χ0) is 24.4. The van der Waals surface area contributed by atoms with Crippen molar-refractivity contribution in [1.29, 1.82) is 0 Å². The van der Waals surface area contributed by atoms with Crippen molar-refractivity contribution in [1.82, 2.24) is 21.3 Å². The zero-order valence-corrected chi connectivity index (χ0v) is 17.0. The summed E-state index contributed by atoms with van der Waals surface area (Å²) in [6.45, 7) is 0.574. The van der Waals surface area contributed by atoms with E-state index in [-0.39, 0.29) is 0 Å². The third kappa shape index (κ3) is 8.95. The first-order valence-corrected chi connectivity index (χ1v) is 9.56. The Bertz CT molecular complexity index is 780. The number of carbonyl (C=O) groups excluding carboxylic acids is 5. The first-order valence-electron chi connectivity index (χ1n) is 9.56. The van der Waals surface area contributed by atoms with Gasteiger partial charge in [0.15, 0.2) is 0 Å². The lowest BCUT2D eigenvalue weighted by molar-refractivity contribution is -0.144. The molecule has 178 valence electrons. The van der Waals surface area contributed by atoms with E-state index in [1.807, 2.05) is 5.32 Å². The largest absolute Gasteiger partial charge is 0.481 e. The van der Waals surface area contributed by atoms with Crippen LogP contribution >= 0.6 is 0 Å². The maximum absolute atomic E-state index is 12.6. The predicted molar refractivity (Wildman–Crippen MR) is 104 cm³/mol. The lowest BCUT2D eigenvalue weighted by atomic mass is 10.1. The van der Waals surface area contributed by atoms with Crippen molar-refractivity contribution in [3.8, 4) is 0 Å². The van der Waals surface area contributed by atoms with E-state index in [0.717, 1.165) is 0 Å². The second-order valence-corrected chi connectivity index (χ2v) is 7.11. The molecule has 0 aromatic carbocycles. The Morgan fingerprint density at radius 1 is 0.812 bits per heavy atom. The summed E-state index contributed by atoms with van der Waals surface area (Å²) in [5.41, 5.74) is 10.00. The molecule has 15 heteroatoms. The van der Waals surface area contributed by atoms with Gasteiger partial charge in [-0.1, -0.05) is 0 Å². The highest BCUT2D eigenvalue weighted by atomic mass is 16.4. The van der Waals surface area contributed by atoms with Gasteiger partial charge < -0.3 is 42.9 Å².